The van der Waals surface area contributed by atoms with Crippen molar-refractivity contribution in [2.75, 3.05) is 7.11 Å². The second-order valence-corrected chi connectivity index (χ2v) is 5.53. The van der Waals surface area contributed by atoms with Gasteiger partial charge in [-0.1, -0.05) is 30.3 Å². The third-order valence-electron chi connectivity index (χ3n) is 3.94. The first kappa shape index (κ1) is 15.8. The monoisotopic (exact) mass is 322 g/mol. The number of carbonyl (C=O) groups is 2. The Kier molecular flexibility index (Phi) is 4.33. The summed E-state index contributed by atoms with van der Waals surface area (Å²) in [6, 6.07) is 14.8. The van der Waals surface area contributed by atoms with Crippen LogP contribution in [0.2, 0.25) is 0 Å². The Morgan fingerprint density at radius 3 is 2.50 bits per heavy atom. The summed E-state index contributed by atoms with van der Waals surface area (Å²) in [5, 5.41) is 3.44. The lowest BCUT2D eigenvalue weighted by Gasteiger charge is -2.06. The summed E-state index contributed by atoms with van der Waals surface area (Å²) in [6.07, 6.45) is 0. The number of rotatable bonds is 5. The minimum atomic E-state index is -0.612. The summed E-state index contributed by atoms with van der Waals surface area (Å²) in [5.74, 6) is -0.396. The highest BCUT2D eigenvalue weighted by Gasteiger charge is 2.22. The molecule has 122 valence electrons. The van der Waals surface area contributed by atoms with Gasteiger partial charge in [-0.2, -0.15) is 0 Å². The van der Waals surface area contributed by atoms with Crippen molar-refractivity contribution in [3.8, 4) is 5.75 Å². The Labute approximate surface area is 139 Å². The van der Waals surface area contributed by atoms with E-state index >= 15 is 0 Å². The van der Waals surface area contributed by atoms with E-state index in [0.29, 0.717) is 11.3 Å². The number of carbonyl (C=O) groups excluding carboxylic acids is 2. The van der Waals surface area contributed by atoms with Crippen LogP contribution in [0.25, 0.3) is 10.9 Å². The van der Waals surface area contributed by atoms with Gasteiger partial charge >= 0.3 is 0 Å². The molecule has 0 aliphatic carbocycles. The predicted octanol–water partition coefficient (Wildman–Crippen LogP) is 2.98. The van der Waals surface area contributed by atoms with Gasteiger partial charge in [-0.3, -0.25) is 9.59 Å². The fourth-order valence-electron chi connectivity index (χ4n) is 2.69. The third-order valence-corrected chi connectivity index (χ3v) is 3.94. The van der Waals surface area contributed by atoms with Crippen molar-refractivity contribution in [1.82, 2.24) is 10.3 Å². The van der Waals surface area contributed by atoms with E-state index in [-0.39, 0.29) is 6.54 Å². The van der Waals surface area contributed by atoms with Crippen LogP contribution in [0.1, 0.15) is 21.6 Å². The molecule has 5 nitrogen and oxygen atoms in total. The van der Waals surface area contributed by atoms with Crippen molar-refractivity contribution in [3.05, 3.63) is 65.4 Å². The first-order chi connectivity index (χ1) is 11.6. The van der Waals surface area contributed by atoms with Crippen LogP contribution in [0.15, 0.2) is 48.5 Å². The number of ketones is 1. The Morgan fingerprint density at radius 2 is 1.79 bits per heavy atom. The summed E-state index contributed by atoms with van der Waals surface area (Å²) in [4.78, 5) is 27.9. The fraction of sp³-hybridized carbons (Fsp3) is 0.158. The fourth-order valence-corrected chi connectivity index (χ4v) is 2.69. The van der Waals surface area contributed by atoms with Crippen LogP contribution < -0.4 is 10.1 Å². The van der Waals surface area contributed by atoms with E-state index in [4.69, 9.17) is 4.74 Å². The molecule has 5 heteroatoms. The zero-order valence-corrected chi connectivity index (χ0v) is 13.6. The molecule has 0 aliphatic rings. The number of amides is 1. The second kappa shape index (κ2) is 6.58. The van der Waals surface area contributed by atoms with Crippen LogP contribution >= 0.6 is 0 Å². The van der Waals surface area contributed by atoms with E-state index in [1.165, 1.54) is 0 Å². The molecule has 24 heavy (non-hydrogen) atoms. The molecule has 0 unspecified atom stereocenters. The summed E-state index contributed by atoms with van der Waals surface area (Å²) in [6.45, 7) is 2.08. The summed E-state index contributed by atoms with van der Waals surface area (Å²) in [7, 11) is 1.60. The lowest BCUT2D eigenvalue weighted by molar-refractivity contribution is -0.117. The molecule has 0 spiro atoms. The van der Waals surface area contributed by atoms with Gasteiger partial charge in [0.1, 0.15) is 5.75 Å². The van der Waals surface area contributed by atoms with Crippen LogP contribution in [0.5, 0.6) is 5.75 Å². The van der Waals surface area contributed by atoms with Gasteiger partial charge in [0.2, 0.25) is 0 Å². The summed E-state index contributed by atoms with van der Waals surface area (Å²) < 4.78 is 5.09. The van der Waals surface area contributed by atoms with E-state index in [9.17, 15) is 9.59 Å². The third kappa shape index (κ3) is 3.01. The highest BCUT2D eigenvalue weighted by atomic mass is 16.5. The summed E-state index contributed by atoms with van der Waals surface area (Å²) in [5.41, 5.74) is 2.87. The van der Waals surface area contributed by atoms with Crippen molar-refractivity contribution >= 4 is 22.6 Å². The van der Waals surface area contributed by atoms with E-state index < -0.39 is 11.7 Å². The highest BCUT2D eigenvalue weighted by Crippen LogP contribution is 2.22. The van der Waals surface area contributed by atoms with Gasteiger partial charge in [-0.05, 0) is 30.7 Å². The average molecular weight is 322 g/mol. The first-order valence-electron chi connectivity index (χ1n) is 7.63. The zero-order chi connectivity index (χ0) is 17.1. The number of aromatic nitrogens is 1. The van der Waals surface area contributed by atoms with E-state index in [2.05, 4.69) is 10.3 Å². The molecule has 0 saturated carbocycles. The second-order valence-electron chi connectivity index (χ2n) is 5.53. The number of Topliss-reactive ketones (excluding diaryl/α,β-unsaturated/α-hetero) is 1. The van der Waals surface area contributed by atoms with Crippen LogP contribution in [0.3, 0.4) is 0 Å². The standard InChI is InChI=1S/C19H18N2O3/c1-12-17(15-5-3-4-6-16(15)21-12)18(22)19(23)20-11-13-7-9-14(24-2)10-8-13/h3-10,21H,11H2,1-2H3,(H,20,23). The normalized spacial score (nSPS) is 10.6. The zero-order valence-electron chi connectivity index (χ0n) is 13.6. The van der Waals surface area contributed by atoms with Crippen molar-refractivity contribution < 1.29 is 14.3 Å². The molecule has 0 saturated heterocycles. The number of H-pyrrole nitrogens is 1. The average Bonchev–Trinajstić information content (AvgIpc) is 2.95. The number of nitrogens with one attached hydrogen (secondary N) is 2. The quantitative estimate of drug-likeness (QED) is 0.560. The Morgan fingerprint density at radius 1 is 1.08 bits per heavy atom. The number of aromatic amines is 1. The van der Waals surface area contributed by atoms with Crippen molar-refractivity contribution in [2.24, 2.45) is 0 Å². The van der Waals surface area contributed by atoms with Gasteiger partial charge in [0.15, 0.2) is 0 Å². The van der Waals surface area contributed by atoms with E-state index in [1.807, 2.05) is 48.5 Å². The van der Waals surface area contributed by atoms with Gasteiger partial charge in [0.25, 0.3) is 11.7 Å². The molecule has 0 radical (unpaired) electrons. The lowest BCUT2D eigenvalue weighted by Crippen LogP contribution is -2.30. The summed E-state index contributed by atoms with van der Waals surface area (Å²) >= 11 is 0. The van der Waals surface area contributed by atoms with Crippen LogP contribution in [0.4, 0.5) is 0 Å². The van der Waals surface area contributed by atoms with Gasteiger partial charge in [-0.15, -0.1) is 0 Å². The van der Waals surface area contributed by atoms with Crippen LogP contribution in [0, 0.1) is 6.92 Å². The minimum absolute atomic E-state index is 0.288. The molecule has 1 heterocycles. The maximum atomic E-state index is 12.5. The number of hydrogen-bond acceptors (Lipinski definition) is 3. The number of hydrogen-bond donors (Lipinski definition) is 2. The molecule has 1 amide bonds. The molecular formula is C19H18N2O3. The van der Waals surface area contributed by atoms with Crippen molar-refractivity contribution in [3.63, 3.8) is 0 Å². The van der Waals surface area contributed by atoms with Gasteiger partial charge < -0.3 is 15.0 Å². The number of para-hydroxylation sites is 1. The molecule has 3 aromatic rings. The van der Waals surface area contributed by atoms with E-state index in [0.717, 1.165) is 22.2 Å². The minimum Gasteiger partial charge on any atom is -0.497 e. The van der Waals surface area contributed by atoms with Crippen LogP contribution in [-0.2, 0) is 11.3 Å². The van der Waals surface area contributed by atoms with Gasteiger partial charge in [0, 0.05) is 23.1 Å². The number of methoxy groups -OCH3 is 1. The van der Waals surface area contributed by atoms with Gasteiger partial charge in [-0.25, -0.2) is 0 Å². The molecule has 0 fully saturated rings. The molecule has 0 atom stereocenters. The van der Waals surface area contributed by atoms with Crippen molar-refractivity contribution in [2.45, 2.75) is 13.5 Å². The highest BCUT2D eigenvalue weighted by molar-refractivity contribution is 6.45. The number of ether oxygens (including phenoxy) is 1. The molecule has 0 bridgehead atoms. The maximum Gasteiger partial charge on any atom is 0.292 e. The molecule has 2 aromatic carbocycles. The lowest BCUT2D eigenvalue weighted by atomic mass is 10.1. The first-order valence-corrected chi connectivity index (χ1v) is 7.63. The SMILES string of the molecule is COc1ccc(CNC(=O)C(=O)c2c(C)[nH]c3ccccc23)cc1. The Balaban J connectivity index is 1.74. The number of fused-ring (bicyclic) bond motifs is 1. The smallest absolute Gasteiger partial charge is 0.292 e. The maximum absolute atomic E-state index is 12.5. The number of benzene rings is 2. The largest absolute Gasteiger partial charge is 0.497 e. The topological polar surface area (TPSA) is 71.2 Å². The molecule has 1 aromatic heterocycles. The Bertz CT molecular complexity index is 895. The van der Waals surface area contributed by atoms with Crippen LogP contribution in [-0.4, -0.2) is 23.8 Å². The van der Waals surface area contributed by atoms with E-state index in [1.54, 1.807) is 14.0 Å². The molecular weight excluding hydrogens is 304 g/mol. The molecule has 3 rings (SSSR count). The number of aryl methyl sites for hydroxylation is 1. The predicted molar refractivity (Wildman–Crippen MR) is 92.2 cm³/mol. The Hall–Kier alpha value is -3.08. The molecule has 0 aliphatic heterocycles. The van der Waals surface area contributed by atoms with Crippen molar-refractivity contribution in [1.29, 1.82) is 0 Å². The van der Waals surface area contributed by atoms with Gasteiger partial charge in [0.05, 0.1) is 12.7 Å². The molecule has 2 N–H and O–H groups in total.